The van der Waals surface area contributed by atoms with E-state index in [1.165, 1.54) is 12.1 Å². The van der Waals surface area contributed by atoms with Crippen LogP contribution >= 0.6 is 0 Å². The number of ketones is 1. The van der Waals surface area contributed by atoms with E-state index in [4.69, 9.17) is 4.74 Å². The Hall–Kier alpha value is -2.65. The Morgan fingerprint density at radius 2 is 1.70 bits per heavy atom. The van der Waals surface area contributed by atoms with Crippen molar-refractivity contribution in [1.29, 1.82) is 0 Å². The van der Waals surface area contributed by atoms with Gasteiger partial charge in [-0.1, -0.05) is 17.7 Å². The fraction of sp³-hybridized carbons (Fsp3) is 0.222. The average Bonchev–Trinajstić information content (AvgIpc) is 2.62. The first-order valence-corrected chi connectivity index (χ1v) is 9.37. The second-order valence-electron chi connectivity index (χ2n) is 5.67. The molecule has 0 amide bonds. The van der Waals surface area contributed by atoms with E-state index in [0.717, 1.165) is 17.7 Å². The van der Waals surface area contributed by atoms with Gasteiger partial charge in [0.25, 0.3) is 0 Å². The molecule has 0 bridgehead atoms. The molecule has 6 nitrogen and oxygen atoms in total. The van der Waals surface area contributed by atoms with Crippen LogP contribution in [0.15, 0.2) is 47.4 Å². The topological polar surface area (TPSA) is 89.5 Å². The van der Waals surface area contributed by atoms with Gasteiger partial charge in [0.1, 0.15) is 0 Å². The molecule has 0 unspecified atom stereocenters. The van der Waals surface area contributed by atoms with E-state index < -0.39 is 40.0 Å². The first-order chi connectivity index (χ1) is 12.7. The Bertz CT molecular complexity index is 943. The minimum Gasteiger partial charge on any atom is -0.457 e. The van der Waals surface area contributed by atoms with Crippen molar-refractivity contribution < 1.29 is 31.5 Å². The summed E-state index contributed by atoms with van der Waals surface area (Å²) in [5, 5.41) is 0. The van der Waals surface area contributed by atoms with Crippen LogP contribution in [0.25, 0.3) is 0 Å². The van der Waals surface area contributed by atoms with Gasteiger partial charge in [-0.2, -0.15) is 0 Å². The lowest BCUT2D eigenvalue weighted by Crippen LogP contribution is -2.27. The van der Waals surface area contributed by atoms with Crippen LogP contribution in [0.4, 0.5) is 8.78 Å². The SMILES string of the molecule is Cc1ccc(S(=O)(=O)NCCC(=O)OCC(=O)c2ccc(F)c(F)c2)cc1. The van der Waals surface area contributed by atoms with Crippen LogP contribution in [0, 0.1) is 18.6 Å². The lowest BCUT2D eigenvalue weighted by Gasteiger charge is -2.07. The molecule has 0 saturated heterocycles. The van der Waals surface area contributed by atoms with Gasteiger partial charge in [0.15, 0.2) is 24.0 Å². The fourth-order valence-electron chi connectivity index (χ4n) is 2.06. The maximum atomic E-state index is 13.1. The zero-order valence-electron chi connectivity index (χ0n) is 14.4. The summed E-state index contributed by atoms with van der Waals surface area (Å²) in [6.07, 6.45) is -0.295. The molecule has 0 fully saturated rings. The summed E-state index contributed by atoms with van der Waals surface area (Å²) in [5.74, 6) is -3.79. The third-order valence-corrected chi connectivity index (χ3v) is 5.04. The van der Waals surface area contributed by atoms with Gasteiger partial charge in [0.05, 0.1) is 11.3 Å². The lowest BCUT2D eigenvalue weighted by atomic mass is 10.1. The molecule has 2 aromatic rings. The van der Waals surface area contributed by atoms with Crippen molar-refractivity contribution in [3.05, 3.63) is 65.2 Å². The number of sulfonamides is 1. The molecule has 0 aliphatic rings. The summed E-state index contributed by atoms with van der Waals surface area (Å²) in [5.41, 5.74) is 0.769. The smallest absolute Gasteiger partial charge is 0.307 e. The second-order valence-corrected chi connectivity index (χ2v) is 7.44. The zero-order valence-corrected chi connectivity index (χ0v) is 15.2. The molecule has 0 saturated carbocycles. The molecule has 1 N–H and O–H groups in total. The van der Waals surface area contributed by atoms with E-state index in [9.17, 15) is 26.8 Å². The van der Waals surface area contributed by atoms with Gasteiger partial charge in [-0.05, 0) is 37.3 Å². The maximum absolute atomic E-state index is 13.1. The maximum Gasteiger partial charge on any atom is 0.307 e. The molecule has 0 spiro atoms. The summed E-state index contributed by atoms with van der Waals surface area (Å²) in [4.78, 5) is 23.5. The van der Waals surface area contributed by atoms with E-state index in [2.05, 4.69) is 4.72 Å². The Labute approximate surface area is 155 Å². The number of Topliss-reactive ketones (excluding diaryl/α,β-unsaturated/α-hetero) is 1. The summed E-state index contributed by atoms with van der Waals surface area (Å²) in [6.45, 7) is 0.949. The molecule has 0 aliphatic carbocycles. The number of carbonyl (C=O) groups is 2. The fourth-order valence-corrected chi connectivity index (χ4v) is 3.09. The Morgan fingerprint density at radius 3 is 2.33 bits per heavy atom. The van der Waals surface area contributed by atoms with Crippen LogP contribution in [0.2, 0.25) is 0 Å². The number of hydrogen-bond donors (Lipinski definition) is 1. The molecule has 0 atom stereocenters. The van der Waals surface area contributed by atoms with Gasteiger partial charge in [0, 0.05) is 12.1 Å². The van der Waals surface area contributed by atoms with Gasteiger partial charge in [-0.3, -0.25) is 9.59 Å². The van der Waals surface area contributed by atoms with Crippen molar-refractivity contribution in [2.75, 3.05) is 13.2 Å². The number of hydrogen-bond acceptors (Lipinski definition) is 5. The van der Waals surface area contributed by atoms with Crippen LogP contribution < -0.4 is 4.72 Å². The van der Waals surface area contributed by atoms with Crippen LogP contribution in [0.5, 0.6) is 0 Å². The lowest BCUT2D eigenvalue weighted by molar-refractivity contribution is -0.142. The molecule has 144 valence electrons. The van der Waals surface area contributed by atoms with Gasteiger partial charge < -0.3 is 4.74 Å². The molecule has 0 radical (unpaired) electrons. The van der Waals surface area contributed by atoms with Crippen molar-refractivity contribution in [2.24, 2.45) is 0 Å². The molecule has 2 aromatic carbocycles. The minimum atomic E-state index is -3.76. The van der Waals surface area contributed by atoms with Gasteiger partial charge in [-0.15, -0.1) is 0 Å². The summed E-state index contributed by atoms with van der Waals surface area (Å²) >= 11 is 0. The van der Waals surface area contributed by atoms with Crippen LogP contribution in [-0.4, -0.2) is 33.3 Å². The first kappa shape index (κ1) is 20.7. The third-order valence-electron chi connectivity index (χ3n) is 3.56. The van der Waals surface area contributed by atoms with Gasteiger partial charge in [0.2, 0.25) is 10.0 Å². The summed E-state index contributed by atoms with van der Waals surface area (Å²) in [7, 11) is -3.76. The van der Waals surface area contributed by atoms with Crippen LogP contribution in [0.1, 0.15) is 22.3 Å². The predicted molar refractivity (Wildman–Crippen MR) is 92.6 cm³/mol. The van der Waals surface area contributed by atoms with Crippen molar-refractivity contribution in [1.82, 2.24) is 4.72 Å². The van der Waals surface area contributed by atoms with Crippen molar-refractivity contribution >= 4 is 21.8 Å². The van der Waals surface area contributed by atoms with E-state index in [1.54, 1.807) is 12.1 Å². The molecule has 0 aromatic heterocycles. The highest BCUT2D eigenvalue weighted by atomic mass is 32.2. The Morgan fingerprint density at radius 1 is 1.04 bits per heavy atom. The minimum absolute atomic E-state index is 0.0648. The second kappa shape index (κ2) is 8.83. The molecule has 0 aliphatic heterocycles. The normalized spacial score (nSPS) is 11.2. The van der Waals surface area contributed by atoms with E-state index in [1.807, 2.05) is 6.92 Å². The summed E-state index contributed by atoms with van der Waals surface area (Å²) < 4.78 is 57.0. The predicted octanol–water partition coefficient (Wildman–Crippen LogP) is 2.37. The molecule has 2 rings (SSSR count). The van der Waals surface area contributed by atoms with Gasteiger partial charge >= 0.3 is 5.97 Å². The van der Waals surface area contributed by atoms with Crippen molar-refractivity contribution in [2.45, 2.75) is 18.2 Å². The van der Waals surface area contributed by atoms with Crippen LogP contribution in [0.3, 0.4) is 0 Å². The Balaban J connectivity index is 1.79. The van der Waals surface area contributed by atoms with E-state index in [-0.39, 0.29) is 23.4 Å². The van der Waals surface area contributed by atoms with E-state index in [0.29, 0.717) is 6.07 Å². The average molecular weight is 397 g/mol. The quantitative estimate of drug-likeness (QED) is 0.546. The zero-order chi connectivity index (χ0) is 20.0. The Kier molecular flexibility index (Phi) is 6.75. The highest BCUT2D eigenvalue weighted by Crippen LogP contribution is 2.11. The third kappa shape index (κ3) is 5.93. The highest BCUT2D eigenvalue weighted by molar-refractivity contribution is 7.89. The standard InChI is InChI=1S/C18H17F2NO5S/c1-12-2-5-14(6-3-12)27(24,25)21-9-8-18(23)26-11-17(22)13-4-7-15(19)16(20)10-13/h2-7,10,21H,8-9,11H2,1H3. The summed E-state index contributed by atoms with van der Waals surface area (Å²) in [6, 6.07) is 8.75. The highest BCUT2D eigenvalue weighted by Gasteiger charge is 2.15. The molecule has 0 heterocycles. The monoisotopic (exact) mass is 397 g/mol. The van der Waals surface area contributed by atoms with Gasteiger partial charge in [-0.25, -0.2) is 21.9 Å². The molecular weight excluding hydrogens is 380 g/mol. The number of aryl methyl sites for hydroxylation is 1. The number of rotatable bonds is 8. The van der Waals surface area contributed by atoms with Crippen molar-refractivity contribution in [3.8, 4) is 0 Å². The largest absolute Gasteiger partial charge is 0.457 e. The number of benzene rings is 2. The number of ether oxygens (including phenoxy) is 1. The van der Waals surface area contributed by atoms with Crippen molar-refractivity contribution in [3.63, 3.8) is 0 Å². The first-order valence-electron chi connectivity index (χ1n) is 7.89. The van der Waals surface area contributed by atoms with Crippen LogP contribution in [-0.2, 0) is 19.6 Å². The molecule has 9 heteroatoms. The van der Waals surface area contributed by atoms with E-state index >= 15 is 0 Å². The number of esters is 1. The number of halogens is 2. The number of carbonyl (C=O) groups excluding carboxylic acids is 2. The molecular formula is C18H17F2NO5S. The number of nitrogens with one attached hydrogen (secondary N) is 1. The molecule has 27 heavy (non-hydrogen) atoms.